The molecule has 1 aromatic carbocycles. The molecule has 20 heavy (non-hydrogen) atoms. The summed E-state index contributed by atoms with van der Waals surface area (Å²) >= 11 is 3.24. The molecule has 0 aliphatic rings. The zero-order valence-corrected chi connectivity index (χ0v) is 12.2. The number of rotatable bonds is 4. The SMILES string of the molecule is N#CCN(Cc1ccccc1)C(=O)c1ccnc(Br)c1. The van der Waals surface area contributed by atoms with E-state index >= 15 is 0 Å². The van der Waals surface area contributed by atoms with Gasteiger partial charge in [0.05, 0.1) is 6.07 Å². The molecule has 0 bridgehead atoms. The molecular weight excluding hydrogens is 318 g/mol. The van der Waals surface area contributed by atoms with Crippen LogP contribution in [0.25, 0.3) is 0 Å². The third-order valence-corrected chi connectivity index (χ3v) is 3.17. The standard InChI is InChI=1S/C15H12BrN3O/c16-14-10-13(6-8-18-14)15(20)19(9-7-17)11-12-4-2-1-3-5-12/h1-6,8,10H,9,11H2. The van der Waals surface area contributed by atoms with Gasteiger partial charge in [0.2, 0.25) is 0 Å². The zero-order chi connectivity index (χ0) is 14.4. The molecule has 2 aromatic rings. The quantitative estimate of drug-likeness (QED) is 0.640. The van der Waals surface area contributed by atoms with E-state index in [1.54, 1.807) is 18.3 Å². The Morgan fingerprint density at radius 3 is 2.70 bits per heavy atom. The maximum atomic E-state index is 12.4. The first-order valence-electron chi connectivity index (χ1n) is 6.02. The molecule has 4 nitrogen and oxygen atoms in total. The van der Waals surface area contributed by atoms with E-state index in [1.165, 1.54) is 4.90 Å². The molecule has 0 radical (unpaired) electrons. The van der Waals surface area contributed by atoms with Crippen molar-refractivity contribution in [2.24, 2.45) is 0 Å². The van der Waals surface area contributed by atoms with Gasteiger partial charge in [-0.15, -0.1) is 0 Å². The van der Waals surface area contributed by atoms with E-state index in [0.717, 1.165) is 5.56 Å². The summed E-state index contributed by atoms with van der Waals surface area (Å²) in [5.41, 5.74) is 1.50. The summed E-state index contributed by atoms with van der Waals surface area (Å²) in [5, 5.41) is 8.90. The predicted molar refractivity (Wildman–Crippen MR) is 78.7 cm³/mol. The summed E-state index contributed by atoms with van der Waals surface area (Å²) in [5.74, 6) is -0.182. The second kappa shape index (κ2) is 6.83. The maximum Gasteiger partial charge on any atom is 0.255 e. The fourth-order valence-corrected chi connectivity index (χ4v) is 2.17. The largest absolute Gasteiger partial charge is 0.321 e. The number of amides is 1. The number of aromatic nitrogens is 1. The van der Waals surface area contributed by atoms with Gasteiger partial charge in [-0.05, 0) is 33.6 Å². The Morgan fingerprint density at radius 1 is 1.30 bits per heavy atom. The van der Waals surface area contributed by atoms with Gasteiger partial charge in [0.25, 0.3) is 5.91 Å². The third kappa shape index (κ3) is 3.65. The van der Waals surface area contributed by atoms with E-state index in [1.807, 2.05) is 36.4 Å². The number of carbonyl (C=O) groups is 1. The first-order chi connectivity index (χ1) is 9.70. The summed E-state index contributed by atoms with van der Waals surface area (Å²) in [4.78, 5) is 17.9. The molecule has 5 heteroatoms. The molecule has 1 amide bonds. The lowest BCUT2D eigenvalue weighted by Crippen LogP contribution is -2.31. The molecular formula is C15H12BrN3O. The molecule has 0 N–H and O–H groups in total. The molecule has 0 atom stereocenters. The van der Waals surface area contributed by atoms with E-state index in [0.29, 0.717) is 16.7 Å². The third-order valence-electron chi connectivity index (χ3n) is 2.74. The lowest BCUT2D eigenvalue weighted by Gasteiger charge is -2.19. The molecule has 1 heterocycles. The van der Waals surface area contributed by atoms with Gasteiger partial charge >= 0.3 is 0 Å². The van der Waals surface area contributed by atoms with E-state index in [9.17, 15) is 4.79 Å². The molecule has 0 aliphatic carbocycles. The van der Waals surface area contributed by atoms with Gasteiger partial charge in [-0.1, -0.05) is 30.3 Å². The number of pyridine rings is 1. The van der Waals surface area contributed by atoms with E-state index in [-0.39, 0.29) is 12.5 Å². The van der Waals surface area contributed by atoms with Crippen molar-refractivity contribution in [2.75, 3.05) is 6.54 Å². The molecule has 1 aromatic heterocycles. The second-order valence-electron chi connectivity index (χ2n) is 4.17. The lowest BCUT2D eigenvalue weighted by atomic mass is 10.2. The van der Waals surface area contributed by atoms with Crippen LogP contribution in [0.15, 0.2) is 53.3 Å². The van der Waals surface area contributed by atoms with Gasteiger partial charge in [0.15, 0.2) is 0 Å². The smallest absolute Gasteiger partial charge is 0.255 e. The summed E-state index contributed by atoms with van der Waals surface area (Å²) in [6.45, 7) is 0.459. The highest BCUT2D eigenvalue weighted by Gasteiger charge is 2.16. The first kappa shape index (κ1) is 14.2. The number of hydrogen-bond donors (Lipinski definition) is 0. The van der Waals surface area contributed by atoms with Crippen molar-refractivity contribution in [1.82, 2.24) is 9.88 Å². The van der Waals surface area contributed by atoms with E-state index in [2.05, 4.69) is 20.9 Å². The first-order valence-corrected chi connectivity index (χ1v) is 6.81. The van der Waals surface area contributed by atoms with Crippen LogP contribution in [0.1, 0.15) is 15.9 Å². The Labute approximate surface area is 125 Å². The highest BCUT2D eigenvalue weighted by molar-refractivity contribution is 9.10. The number of nitrogens with zero attached hydrogens (tertiary/aromatic N) is 3. The molecule has 2 rings (SSSR count). The van der Waals surface area contributed by atoms with Crippen molar-refractivity contribution >= 4 is 21.8 Å². The van der Waals surface area contributed by atoms with E-state index in [4.69, 9.17) is 5.26 Å². The minimum absolute atomic E-state index is 0.0493. The van der Waals surface area contributed by atoms with Crippen molar-refractivity contribution < 1.29 is 4.79 Å². The van der Waals surface area contributed by atoms with Gasteiger partial charge in [-0.3, -0.25) is 4.79 Å². The Bertz CT molecular complexity index is 637. The number of nitriles is 1. The molecule has 0 saturated carbocycles. The summed E-state index contributed by atoms with van der Waals surface area (Å²) in [6, 6.07) is 14.9. The normalized spacial score (nSPS) is 9.80. The number of carbonyl (C=O) groups excluding carboxylic acids is 1. The van der Waals surface area contributed by atoms with Gasteiger partial charge in [-0.2, -0.15) is 5.26 Å². The predicted octanol–water partition coefficient (Wildman–Crippen LogP) is 3.01. The van der Waals surface area contributed by atoms with Crippen LogP contribution in [0.4, 0.5) is 0 Å². The Kier molecular flexibility index (Phi) is 4.85. The van der Waals surface area contributed by atoms with Crippen LogP contribution in [0.2, 0.25) is 0 Å². The van der Waals surface area contributed by atoms with Crippen LogP contribution in [0.5, 0.6) is 0 Å². The summed E-state index contributed by atoms with van der Waals surface area (Å²) in [6.07, 6.45) is 1.56. The Hall–Kier alpha value is -2.19. The number of hydrogen-bond acceptors (Lipinski definition) is 3. The second-order valence-corrected chi connectivity index (χ2v) is 4.98. The highest BCUT2D eigenvalue weighted by Crippen LogP contribution is 2.13. The van der Waals surface area contributed by atoms with E-state index < -0.39 is 0 Å². The van der Waals surface area contributed by atoms with Crippen LogP contribution < -0.4 is 0 Å². The van der Waals surface area contributed by atoms with Crippen molar-refractivity contribution in [1.29, 1.82) is 5.26 Å². The lowest BCUT2D eigenvalue weighted by molar-refractivity contribution is 0.0764. The van der Waals surface area contributed by atoms with Gasteiger partial charge in [-0.25, -0.2) is 4.98 Å². The molecule has 0 spiro atoms. The zero-order valence-electron chi connectivity index (χ0n) is 10.7. The Balaban J connectivity index is 2.20. The topological polar surface area (TPSA) is 57.0 Å². The van der Waals surface area contributed by atoms with Crippen molar-refractivity contribution in [3.8, 4) is 6.07 Å². The van der Waals surface area contributed by atoms with Gasteiger partial charge < -0.3 is 4.90 Å². The fourth-order valence-electron chi connectivity index (χ4n) is 1.81. The van der Waals surface area contributed by atoms with Crippen molar-refractivity contribution in [3.63, 3.8) is 0 Å². The molecule has 0 unspecified atom stereocenters. The van der Waals surface area contributed by atoms with Crippen molar-refractivity contribution in [2.45, 2.75) is 6.54 Å². The van der Waals surface area contributed by atoms with Crippen LogP contribution in [0, 0.1) is 11.3 Å². The average molecular weight is 330 g/mol. The monoisotopic (exact) mass is 329 g/mol. The molecule has 100 valence electrons. The number of halogens is 1. The Morgan fingerprint density at radius 2 is 2.05 bits per heavy atom. The minimum Gasteiger partial charge on any atom is -0.321 e. The maximum absolute atomic E-state index is 12.4. The summed E-state index contributed by atoms with van der Waals surface area (Å²) < 4.78 is 0.597. The van der Waals surface area contributed by atoms with Gasteiger partial charge in [0, 0.05) is 18.3 Å². The number of benzene rings is 1. The van der Waals surface area contributed by atoms with Crippen LogP contribution in [-0.4, -0.2) is 22.3 Å². The summed E-state index contributed by atoms with van der Waals surface area (Å²) in [7, 11) is 0. The molecule has 0 fully saturated rings. The molecule has 0 saturated heterocycles. The van der Waals surface area contributed by atoms with Crippen LogP contribution in [-0.2, 0) is 6.54 Å². The highest BCUT2D eigenvalue weighted by atomic mass is 79.9. The van der Waals surface area contributed by atoms with Crippen molar-refractivity contribution in [3.05, 3.63) is 64.4 Å². The average Bonchev–Trinajstić information content (AvgIpc) is 2.47. The van der Waals surface area contributed by atoms with Crippen LogP contribution in [0.3, 0.4) is 0 Å². The minimum atomic E-state index is -0.182. The molecule has 0 aliphatic heterocycles. The van der Waals surface area contributed by atoms with Gasteiger partial charge in [0.1, 0.15) is 11.1 Å². The van der Waals surface area contributed by atoms with Crippen LogP contribution >= 0.6 is 15.9 Å². The fraction of sp³-hybridized carbons (Fsp3) is 0.133.